The number of hydrogen-bond acceptors (Lipinski definition) is 4. The van der Waals surface area contributed by atoms with Crippen LogP contribution in [0.15, 0.2) is 42.5 Å². The number of carbonyl (C=O) groups is 1. The number of benzene rings is 2. The van der Waals surface area contributed by atoms with Crippen molar-refractivity contribution in [1.29, 1.82) is 5.26 Å². The third kappa shape index (κ3) is 3.62. The van der Waals surface area contributed by atoms with Crippen LogP contribution in [0.25, 0.3) is 11.0 Å². The van der Waals surface area contributed by atoms with Crippen LogP contribution < -0.4 is 4.90 Å². The van der Waals surface area contributed by atoms with Crippen molar-refractivity contribution in [1.82, 2.24) is 9.55 Å². The van der Waals surface area contributed by atoms with Crippen LogP contribution in [0.3, 0.4) is 0 Å². The Morgan fingerprint density at radius 3 is 2.81 bits per heavy atom. The number of imidazole rings is 1. The van der Waals surface area contributed by atoms with Crippen molar-refractivity contribution >= 4 is 22.8 Å². The van der Waals surface area contributed by atoms with E-state index >= 15 is 0 Å². The summed E-state index contributed by atoms with van der Waals surface area (Å²) in [7, 11) is 1.43. The van der Waals surface area contributed by atoms with Gasteiger partial charge in [0.05, 0.1) is 29.9 Å². The van der Waals surface area contributed by atoms with Gasteiger partial charge in [-0.1, -0.05) is 36.8 Å². The van der Waals surface area contributed by atoms with E-state index in [0.717, 1.165) is 73.1 Å². The average molecular weight is 429 g/mol. The van der Waals surface area contributed by atoms with Crippen LogP contribution in [0.5, 0.6) is 0 Å². The molecule has 5 rings (SSSR count). The molecule has 32 heavy (non-hydrogen) atoms. The first-order valence-corrected chi connectivity index (χ1v) is 11.5. The molecule has 0 unspecified atom stereocenters. The molecule has 2 atom stereocenters. The lowest BCUT2D eigenvalue weighted by atomic mass is 9.86. The van der Waals surface area contributed by atoms with Crippen molar-refractivity contribution in [2.75, 3.05) is 18.6 Å². The van der Waals surface area contributed by atoms with Gasteiger partial charge in [0.1, 0.15) is 5.82 Å². The normalized spacial score (nSPS) is 20.6. The highest BCUT2D eigenvalue weighted by molar-refractivity contribution is 5.95. The van der Waals surface area contributed by atoms with Gasteiger partial charge in [-0.2, -0.15) is 5.26 Å². The molecule has 1 aromatic heterocycles. The van der Waals surface area contributed by atoms with E-state index in [9.17, 15) is 10.1 Å². The maximum atomic E-state index is 12.3. The second kappa shape index (κ2) is 8.66. The SMILES string of the molecule is COC(=O)N1CCCc2c1ccc1c2nc(Cc2ccccc2)n1[C@@H]1CCC[C@H](C#N)C1. The summed E-state index contributed by atoms with van der Waals surface area (Å²) >= 11 is 0. The Balaban J connectivity index is 1.65. The second-order valence-corrected chi connectivity index (χ2v) is 8.86. The minimum absolute atomic E-state index is 0.100. The van der Waals surface area contributed by atoms with Crippen molar-refractivity contribution in [3.05, 3.63) is 59.4 Å². The van der Waals surface area contributed by atoms with Crippen molar-refractivity contribution in [2.45, 2.75) is 51.0 Å². The molecule has 0 bridgehead atoms. The third-order valence-corrected chi connectivity index (χ3v) is 6.91. The summed E-state index contributed by atoms with van der Waals surface area (Å²) in [5, 5.41) is 9.56. The van der Waals surface area contributed by atoms with E-state index in [1.54, 1.807) is 4.90 Å². The molecule has 2 heterocycles. The highest BCUT2D eigenvalue weighted by Gasteiger charge is 2.30. The maximum absolute atomic E-state index is 12.3. The Labute approximate surface area is 188 Å². The highest BCUT2D eigenvalue weighted by atomic mass is 16.5. The van der Waals surface area contributed by atoms with E-state index < -0.39 is 0 Å². The van der Waals surface area contributed by atoms with Crippen LogP contribution in [-0.4, -0.2) is 29.3 Å². The number of amides is 1. The van der Waals surface area contributed by atoms with Gasteiger partial charge in [-0.15, -0.1) is 0 Å². The number of aromatic nitrogens is 2. The van der Waals surface area contributed by atoms with Crippen LogP contribution in [0.1, 0.15) is 55.1 Å². The Morgan fingerprint density at radius 1 is 1.19 bits per heavy atom. The van der Waals surface area contributed by atoms with Crippen LogP contribution in [0.4, 0.5) is 10.5 Å². The number of anilines is 1. The molecule has 0 spiro atoms. The molecular formula is C26H28N4O2. The summed E-state index contributed by atoms with van der Waals surface area (Å²) in [5.41, 5.74) is 5.36. The lowest BCUT2D eigenvalue weighted by molar-refractivity contribution is 0.178. The number of carbonyl (C=O) groups excluding carboxylic acids is 1. The van der Waals surface area contributed by atoms with Gasteiger partial charge in [0.25, 0.3) is 0 Å². The first-order valence-electron chi connectivity index (χ1n) is 11.5. The lowest BCUT2D eigenvalue weighted by Crippen LogP contribution is -2.35. The zero-order valence-corrected chi connectivity index (χ0v) is 18.5. The molecule has 164 valence electrons. The molecule has 2 aliphatic rings. The fraction of sp³-hybridized carbons (Fsp3) is 0.423. The number of aryl methyl sites for hydroxylation is 1. The molecular weight excluding hydrogens is 400 g/mol. The smallest absolute Gasteiger partial charge is 0.414 e. The zero-order valence-electron chi connectivity index (χ0n) is 18.5. The first kappa shape index (κ1) is 20.6. The van der Waals surface area contributed by atoms with Crippen molar-refractivity contribution in [3.8, 4) is 6.07 Å². The van der Waals surface area contributed by atoms with Gasteiger partial charge < -0.3 is 9.30 Å². The molecule has 1 fully saturated rings. The van der Waals surface area contributed by atoms with E-state index in [1.165, 1.54) is 12.7 Å². The molecule has 1 aliphatic carbocycles. The molecule has 3 aromatic rings. The molecule has 0 radical (unpaired) electrons. The molecule has 1 saturated carbocycles. The Morgan fingerprint density at radius 2 is 2.03 bits per heavy atom. The minimum Gasteiger partial charge on any atom is -0.452 e. The van der Waals surface area contributed by atoms with Gasteiger partial charge in [0.2, 0.25) is 0 Å². The summed E-state index contributed by atoms with van der Waals surface area (Å²) < 4.78 is 7.41. The summed E-state index contributed by atoms with van der Waals surface area (Å²) in [5.74, 6) is 1.14. The van der Waals surface area contributed by atoms with Gasteiger partial charge in [0, 0.05) is 30.5 Å². The van der Waals surface area contributed by atoms with Crippen LogP contribution in [-0.2, 0) is 17.6 Å². The highest BCUT2D eigenvalue weighted by Crippen LogP contribution is 2.39. The number of fused-ring (bicyclic) bond motifs is 3. The lowest BCUT2D eigenvalue weighted by Gasteiger charge is -2.30. The predicted molar refractivity (Wildman–Crippen MR) is 124 cm³/mol. The van der Waals surface area contributed by atoms with E-state index in [-0.39, 0.29) is 18.1 Å². The van der Waals surface area contributed by atoms with E-state index in [0.29, 0.717) is 6.54 Å². The average Bonchev–Trinajstić information content (AvgIpc) is 3.22. The summed E-state index contributed by atoms with van der Waals surface area (Å²) in [6, 6.07) is 17.3. The molecule has 1 amide bonds. The van der Waals surface area contributed by atoms with Gasteiger partial charge >= 0.3 is 6.09 Å². The van der Waals surface area contributed by atoms with Crippen molar-refractivity contribution in [3.63, 3.8) is 0 Å². The Bertz CT molecular complexity index is 1180. The first-order chi connectivity index (χ1) is 15.7. The van der Waals surface area contributed by atoms with Gasteiger partial charge in [-0.3, -0.25) is 4.90 Å². The van der Waals surface area contributed by atoms with E-state index in [1.807, 2.05) is 12.1 Å². The molecule has 1 aliphatic heterocycles. The van der Waals surface area contributed by atoms with Crippen molar-refractivity contribution < 1.29 is 9.53 Å². The van der Waals surface area contributed by atoms with Crippen LogP contribution >= 0.6 is 0 Å². The van der Waals surface area contributed by atoms with Gasteiger partial charge in [-0.05, 0) is 49.8 Å². The number of methoxy groups -OCH3 is 1. The molecule has 6 nitrogen and oxygen atoms in total. The quantitative estimate of drug-likeness (QED) is 0.560. The number of nitrogens with zero attached hydrogens (tertiary/aromatic N) is 4. The number of ether oxygens (including phenoxy) is 1. The van der Waals surface area contributed by atoms with Gasteiger partial charge in [0.15, 0.2) is 0 Å². The zero-order chi connectivity index (χ0) is 22.1. The maximum Gasteiger partial charge on any atom is 0.414 e. The predicted octanol–water partition coefficient (Wildman–Crippen LogP) is 5.40. The van der Waals surface area contributed by atoms with Crippen molar-refractivity contribution in [2.24, 2.45) is 5.92 Å². The van der Waals surface area contributed by atoms with Crippen LogP contribution in [0, 0.1) is 17.2 Å². The molecule has 0 saturated heterocycles. The minimum atomic E-state index is -0.321. The number of rotatable bonds is 3. The van der Waals surface area contributed by atoms with Crippen LogP contribution in [0.2, 0.25) is 0 Å². The van der Waals surface area contributed by atoms with E-state index in [2.05, 4.69) is 41.0 Å². The number of hydrogen-bond donors (Lipinski definition) is 0. The topological polar surface area (TPSA) is 71.2 Å². The monoisotopic (exact) mass is 428 g/mol. The van der Waals surface area contributed by atoms with E-state index in [4.69, 9.17) is 9.72 Å². The molecule has 6 heteroatoms. The third-order valence-electron chi connectivity index (χ3n) is 6.91. The largest absolute Gasteiger partial charge is 0.452 e. The van der Waals surface area contributed by atoms with Gasteiger partial charge in [-0.25, -0.2) is 9.78 Å². The summed E-state index contributed by atoms with van der Waals surface area (Å²) in [4.78, 5) is 19.2. The fourth-order valence-electron chi connectivity index (χ4n) is 5.41. The fourth-order valence-corrected chi connectivity index (χ4v) is 5.41. The summed E-state index contributed by atoms with van der Waals surface area (Å²) in [6.07, 6.45) is 6.20. The standard InChI is InChI=1S/C26H28N4O2/c1-32-26(31)29-14-6-11-21-22(29)12-13-23-25(21)28-24(16-18-7-3-2-4-8-18)30(23)20-10-5-9-19(15-20)17-27/h2-4,7-8,12-13,19-20H,5-6,9-11,14-16H2,1H3/t19-,20+/m0/s1. The molecule has 2 aromatic carbocycles. The Kier molecular flexibility index (Phi) is 5.57. The second-order valence-electron chi connectivity index (χ2n) is 8.86. The Hall–Kier alpha value is -3.33. The summed E-state index contributed by atoms with van der Waals surface area (Å²) in [6.45, 7) is 0.662. The molecule has 0 N–H and O–H groups in total. The number of nitriles is 1.